The quantitative estimate of drug-likeness (QED) is 0.748. The van der Waals surface area contributed by atoms with Gasteiger partial charge in [0.25, 0.3) is 0 Å². The highest BCUT2D eigenvalue weighted by Gasteiger charge is 2.77. The van der Waals surface area contributed by atoms with Crippen molar-refractivity contribution in [2.75, 3.05) is 13.2 Å². The van der Waals surface area contributed by atoms with Crippen LogP contribution < -0.4 is 0 Å². The molecule has 1 spiro atoms. The molecule has 0 aromatic carbocycles. The van der Waals surface area contributed by atoms with Crippen LogP contribution in [0, 0.1) is 40.9 Å². The summed E-state index contributed by atoms with van der Waals surface area (Å²) in [4.78, 5) is 12.1. The first-order valence-electron chi connectivity index (χ1n) is 11.3. The standard InChI is InChI=1S/C24H32O3/c1-2-23-8-6-17-16-5-4-15(26)11-18(16)14(13-25)10-19(17)22(23)20-12-21(20)24(23)7-3-9-27-24/h3,7,16-17,19-22,25H,2,4-6,8-13H2,1H3/t16-,17?,19?,20-,21+,22?,23+,24+/m1/s1. The predicted octanol–water partition coefficient (Wildman–Crippen LogP) is 4.06. The molecule has 3 nitrogen and oxygen atoms in total. The zero-order valence-corrected chi connectivity index (χ0v) is 16.5. The van der Waals surface area contributed by atoms with Gasteiger partial charge in [0, 0.05) is 18.3 Å². The van der Waals surface area contributed by atoms with Gasteiger partial charge in [0.1, 0.15) is 5.78 Å². The van der Waals surface area contributed by atoms with E-state index in [9.17, 15) is 9.90 Å². The first-order chi connectivity index (χ1) is 13.1. The molecule has 8 atom stereocenters. The van der Waals surface area contributed by atoms with Crippen molar-refractivity contribution in [3.63, 3.8) is 0 Å². The smallest absolute Gasteiger partial charge is 0.136 e. The maximum atomic E-state index is 12.1. The second kappa shape index (κ2) is 5.57. The lowest BCUT2D eigenvalue weighted by atomic mass is 9.47. The lowest BCUT2D eigenvalue weighted by Crippen LogP contribution is -2.56. The molecule has 4 saturated carbocycles. The summed E-state index contributed by atoms with van der Waals surface area (Å²) >= 11 is 0. The predicted molar refractivity (Wildman–Crippen MR) is 103 cm³/mol. The summed E-state index contributed by atoms with van der Waals surface area (Å²) in [5.41, 5.74) is 2.88. The highest BCUT2D eigenvalue weighted by atomic mass is 16.5. The first kappa shape index (κ1) is 17.0. The van der Waals surface area contributed by atoms with Crippen LogP contribution in [0.4, 0.5) is 0 Å². The van der Waals surface area contributed by atoms with Gasteiger partial charge in [0.05, 0.1) is 18.8 Å². The Morgan fingerprint density at radius 3 is 2.89 bits per heavy atom. The molecule has 0 aromatic rings. The van der Waals surface area contributed by atoms with Crippen LogP contribution in [0.25, 0.3) is 0 Å². The van der Waals surface area contributed by atoms with E-state index in [1.54, 1.807) is 0 Å². The minimum atomic E-state index is 0.00789. The summed E-state index contributed by atoms with van der Waals surface area (Å²) in [6, 6.07) is 0. The number of fused-ring (bicyclic) bond motifs is 9. The van der Waals surface area contributed by atoms with Crippen molar-refractivity contribution in [2.24, 2.45) is 40.9 Å². The van der Waals surface area contributed by atoms with Gasteiger partial charge in [0.2, 0.25) is 0 Å². The van der Waals surface area contributed by atoms with Crippen molar-refractivity contribution < 1.29 is 14.6 Å². The van der Waals surface area contributed by atoms with E-state index in [0.29, 0.717) is 29.5 Å². The molecule has 5 aliphatic carbocycles. The first-order valence-corrected chi connectivity index (χ1v) is 11.3. The number of carbonyl (C=O) groups is 1. The molecule has 1 aliphatic heterocycles. The minimum Gasteiger partial charge on any atom is -0.392 e. The van der Waals surface area contributed by atoms with E-state index in [4.69, 9.17) is 4.74 Å². The summed E-state index contributed by atoms with van der Waals surface area (Å²) in [6.45, 7) is 3.35. The molecule has 6 rings (SSSR count). The van der Waals surface area contributed by atoms with Crippen LogP contribution in [0.3, 0.4) is 0 Å². The second-order valence-electron chi connectivity index (χ2n) is 10.3. The van der Waals surface area contributed by atoms with Gasteiger partial charge in [-0.25, -0.2) is 0 Å². The molecule has 146 valence electrons. The Morgan fingerprint density at radius 1 is 1.26 bits per heavy atom. The topological polar surface area (TPSA) is 46.5 Å². The molecular formula is C24H32O3. The summed E-state index contributed by atoms with van der Waals surface area (Å²) in [7, 11) is 0. The van der Waals surface area contributed by atoms with E-state index in [0.717, 1.165) is 49.5 Å². The van der Waals surface area contributed by atoms with Crippen molar-refractivity contribution in [1.29, 1.82) is 0 Å². The maximum Gasteiger partial charge on any atom is 0.136 e. The Morgan fingerprint density at radius 2 is 2.15 bits per heavy atom. The van der Waals surface area contributed by atoms with Crippen LogP contribution in [-0.2, 0) is 9.53 Å². The Bertz CT molecular complexity index is 751. The van der Waals surface area contributed by atoms with Crippen LogP contribution in [0.5, 0.6) is 0 Å². The average Bonchev–Trinajstić information content (AvgIpc) is 3.25. The molecule has 4 fully saturated rings. The van der Waals surface area contributed by atoms with E-state index in [2.05, 4.69) is 19.1 Å². The summed E-state index contributed by atoms with van der Waals surface area (Å²) in [5, 5.41) is 10.1. The highest BCUT2D eigenvalue weighted by molar-refractivity contribution is 5.82. The molecule has 27 heavy (non-hydrogen) atoms. The molecule has 1 heterocycles. The number of aliphatic hydroxyl groups is 1. The van der Waals surface area contributed by atoms with Crippen molar-refractivity contribution >= 4 is 5.78 Å². The molecule has 0 saturated heterocycles. The van der Waals surface area contributed by atoms with Crippen LogP contribution in [-0.4, -0.2) is 29.7 Å². The lowest BCUT2D eigenvalue weighted by molar-refractivity contribution is -0.141. The van der Waals surface area contributed by atoms with E-state index >= 15 is 0 Å². The third-order valence-corrected chi connectivity index (χ3v) is 9.83. The third-order valence-electron chi connectivity index (χ3n) is 9.83. The normalized spacial score (nSPS) is 52.6. The monoisotopic (exact) mass is 368 g/mol. The van der Waals surface area contributed by atoms with E-state index in [1.807, 2.05) is 0 Å². The van der Waals surface area contributed by atoms with Gasteiger partial charge in [0.15, 0.2) is 0 Å². The Balaban J connectivity index is 1.43. The number of ether oxygens (including phenoxy) is 1. The molecule has 6 aliphatic rings. The van der Waals surface area contributed by atoms with Gasteiger partial charge in [-0.1, -0.05) is 24.6 Å². The number of hydrogen-bond acceptors (Lipinski definition) is 3. The Kier molecular flexibility index (Phi) is 3.50. The number of ketones is 1. The number of carbonyl (C=O) groups excluding carboxylic acids is 1. The summed E-state index contributed by atoms with van der Waals surface area (Å²) in [6.07, 6.45) is 13.3. The molecule has 0 bridgehead atoms. The van der Waals surface area contributed by atoms with Crippen molar-refractivity contribution in [2.45, 2.75) is 63.9 Å². The minimum absolute atomic E-state index is 0.00789. The fourth-order valence-corrected chi connectivity index (χ4v) is 8.97. The highest BCUT2D eigenvalue weighted by Crippen LogP contribution is 2.78. The van der Waals surface area contributed by atoms with Crippen LogP contribution >= 0.6 is 0 Å². The fourth-order valence-electron chi connectivity index (χ4n) is 8.97. The van der Waals surface area contributed by atoms with Gasteiger partial charge in [-0.2, -0.15) is 0 Å². The molecule has 0 amide bonds. The van der Waals surface area contributed by atoms with E-state index in [-0.39, 0.29) is 12.2 Å². The van der Waals surface area contributed by atoms with Crippen molar-refractivity contribution in [1.82, 2.24) is 0 Å². The molecule has 1 N–H and O–H groups in total. The van der Waals surface area contributed by atoms with Crippen molar-refractivity contribution in [3.05, 3.63) is 23.3 Å². The summed E-state index contributed by atoms with van der Waals surface area (Å²) in [5.74, 6) is 4.67. The third kappa shape index (κ3) is 1.93. The number of aliphatic hydroxyl groups excluding tert-OH is 1. The number of hydrogen-bond donors (Lipinski definition) is 1. The molecular weight excluding hydrogens is 336 g/mol. The zero-order chi connectivity index (χ0) is 18.4. The van der Waals surface area contributed by atoms with Crippen molar-refractivity contribution in [3.8, 4) is 0 Å². The maximum absolute atomic E-state index is 12.1. The lowest BCUT2D eigenvalue weighted by Gasteiger charge is -2.58. The second-order valence-corrected chi connectivity index (χ2v) is 10.3. The average molecular weight is 369 g/mol. The van der Waals surface area contributed by atoms with Gasteiger partial charge in [-0.3, -0.25) is 4.79 Å². The van der Waals surface area contributed by atoms with Crippen LogP contribution in [0.1, 0.15) is 58.3 Å². The van der Waals surface area contributed by atoms with E-state index < -0.39 is 0 Å². The fraction of sp³-hybridized carbons (Fsp3) is 0.792. The number of allylic oxidation sites excluding steroid dienone is 1. The Labute approximate surface area is 162 Å². The zero-order valence-electron chi connectivity index (χ0n) is 16.5. The summed E-state index contributed by atoms with van der Waals surface area (Å²) < 4.78 is 6.56. The SMILES string of the molecule is CC[C@]12CCC3C(CC(CO)=C4CC(=O)CC[C@@H]43)C1[C@@H]1C[C@@H]1[C@@]21C=CCO1. The molecule has 0 radical (unpaired) electrons. The van der Waals surface area contributed by atoms with E-state index in [1.165, 1.54) is 36.8 Å². The van der Waals surface area contributed by atoms with Gasteiger partial charge >= 0.3 is 0 Å². The molecule has 3 heteroatoms. The van der Waals surface area contributed by atoms with Crippen LogP contribution in [0.15, 0.2) is 23.3 Å². The van der Waals surface area contributed by atoms with Gasteiger partial charge < -0.3 is 9.84 Å². The number of rotatable bonds is 2. The Hall–Kier alpha value is -0.930. The molecule has 3 unspecified atom stereocenters. The number of Topliss-reactive ketones (excluding diaryl/α,β-unsaturated/α-hetero) is 1. The largest absolute Gasteiger partial charge is 0.392 e. The van der Waals surface area contributed by atoms with Crippen LogP contribution in [0.2, 0.25) is 0 Å². The molecule has 0 aromatic heterocycles. The van der Waals surface area contributed by atoms with Gasteiger partial charge in [-0.15, -0.1) is 0 Å². The van der Waals surface area contributed by atoms with Gasteiger partial charge in [-0.05, 0) is 79.6 Å².